The van der Waals surface area contributed by atoms with Gasteiger partial charge in [0.25, 0.3) is 0 Å². The first-order valence-corrected chi connectivity index (χ1v) is 6.34. The molecule has 98 valence electrons. The SMILES string of the molecule is CCCCC(=O)Nc1ccccc1OCC(N)=S. The zero-order valence-electron chi connectivity index (χ0n) is 10.4. The Balaban J connectivity index is 2.63. The fourth-order valence-electron chi connectivity index (χ4n) is 1.39. The van der Waals surface area contributed by atoms with E-state index in [1.54, 1.807) is 12.1 Å². The first-order chi connectivity index (χ1) is 8.63. The Kier molecular flexibility index (Phi) is 6.14. The van der Waals surface area contributed by atoms with E-state index < -0.39 is 0 Å². The molecule has 0 aromatic heterocycles. The zero-order valence-corrected chi connectivity index (χ0v) is 11.3. The van der Waals surface area contributed by atoms with Crippen molar-refractivity contribution in [3.05, 3.63) is 24.3 Å². The molecular weight excluding hydrogens is 248 g/mol. The highest BCUT2D eigenvalue weighted by molar-refractivity contribution is 7.80. The van der Waals surface area contributed by atoms with Crippen molar-refractivity contribution in [2.24, 2.45) is 5.73 Å². The standard InChI is InChI=1S/C13H18N2O2S/c1-2-3-8-13(16)15-10-6-4-5-7-11(10)17-9-12(14)18/h4-7H,2-3,8-9H2,1H3,(H2,14,18)(H,15,16). The lowest BCUT2D eigenvalue weighted by Crippen LogP contribution is -2.19. The van der Waals surface area contributed by atoms with Gasteiger partial charge in [0.1, 0.15) is 17.3 Å². The van der Waals surface area contributed by atoms with Gasteiger partial charge < -0.3 is 15.8 Å². The van der Waals surface area contributed by atoms with Crippen molar-refractivity contribution in [1.82, 2.24) is 0 Å². The summed E-state index contributed by atoms with van der Waals surface area (Å²) in [4.78, 5) is 11.9. The number of carbonyl (C=O) groups excluding carboxylic acids is 1. The molecule has 1 aromatic carbocycles. The molecule has 0 saturated carbocycles. The topological polar surface area (TPSA) is 64.3 Å². The molecule has 3 N–H and O–H groups in total. The quantitative estimate of drug-likeness (QED) is 0.744. The number of para-hydroxylation sites is 2. The molecular formula is C13H18N2O2S. The van der Waals surface area contributed by atoms with Gasteiger partial charge in [-0.3, -0.25) is 4.79 Å². The Labute approximate surface area is 113 Å². The van der Waals surface area contributed by atoms with E-state index >= 15 is 0 Å². The smallest absolute Gasteiger partial charge is 0.224 e. The minimum Gasteiger partial charge on any atom is -0.484 e. The van der Waals surface area contributed by atoms with Crippen LogP contribution in [0.15, 0.2) is 24.3 Å². The molecule has 0 atom stereocenters. The van der Waals surface area contributed by atoms with Gasteiger partial charge in [-0.05, 0) is 18.6 Å². The number of nitrogens with one attached hydrogen (secondary N) is 1. The average molecular weight is 266 g/mol. The van der Waals surface area contributed by atoms with Crippen molar-refractivity contribution < 1.29 is 9.53 Å². The summed E-state index contributed by atoms with van der Waals surface area (Å²) in [5.74, 6) is 0.568. The third-order valence-corrected chi connectivity index (χ3v) is 2.41. The summed E-state index contributed by atoms with van der Waals surface area (Å²) in [6.45, 7) is 2.21. The second kappa shape index (κ2) is 7.66. The summed E-state index contributed by atoms with van der Waals surface area (Å²) in [5.41, 5.74) is 6.02. The monoisotopic (exact) mass is 266 g/mol. The Morgan fingerprint density at radius 2 is 2.17 bits per heavy atom. The maximum atomic E-state index is 11.6. The summed E-state index contributed by atoms with van der Waals surface area (Å²) in [6, 6.07) is 7.23. The van der Waals surface area contributed by atoms with Crippen molar-refractivity contribution in [1.29, 1.82) is 0 Å². The first kappa shape index (κ1) is 14.4. The number of hydrogen-bond acceptors (Lipinski definition) is 3. The van der Waals surface area contributed by atoms with E-state index in [1.165, 1.54) is 0 Å². The molecule has 0 saturated heterocycles. The largest absolute Gasteiger partial charge is 0.484 e. The van der Waals surface area contributed by atoms with Crippen LogP contribution in [0.2, 0.25) is 0 Å². The predicted molar refractivity (Wildman–Crippen MR) is 76.9 cm³/mol. The highest BCUT2D eigenvalue weighted by Crippen LogP contribution is 2.23. The van der Waals surface area contributed by atoms with Crippen LogP contribution in [0.25, 0.3) is 0 Å². The Bertz CT molecular complexity index is 421. The fraction of sp³-hybridized carbons (Fsp3) is 0.385. The molecule has 0 radical (unpaired) electrons. The zero-order chi connectivity index (χ0) is 13.4. The number of anilines is 1. The lowest BCUT2D eigenvalue weighted by molar-refractivity contribution is -0.116. The van der Waals surface area contributed by atoms with Gasteiger partial charge in [-0.15, -0.1) is 0 Å². The molecule has 0 unspecified atom stereocenters. The summed E-state index contributed by atoms with van der Waals surface area (Å²) in [6.07, 6.45) is 2.38. The van der Waals surface area contributed by atoms with Crippen molar-refractivity contribution >= 4 is 28.8 Å². The van der Waals surface area contributed by atoms with Gasteiger partial charge in [-0.2, -0.15) is 0 Å². The summed E-state index contributed by atoms with van der Waals surface area (Å²) < 4.78 is 5.42. The lowest BCUT2D eigenvalue weighted by atomic mass is 10.2. The van der Waals surface area contributed by atoms with Crippen LogP contribution in [0.1, 0.15) is 26.2 Å². The van der Waals surface area contributed by atoms with Gasteiger partial charge >= 0.3 is 0 Å². The van der Waals surface area contributed by atoms with Crippen LogP contribution >= 0.6 is 12.2 Å². The van der Waals surface area contributed by atoms with E-state index in [1.807, 2.05) is 19.1 Å². The van der Waals surface area contributed by atoms with Crippen molar-refractivity contribution in [3.63, 3.8) is 0 Å². The second-order valence-electron chi connectivity index (χ2n) is 3.90. The highest BCUT2D eigenvalue weighted by atomic mass is 32.1. The molecule has 0 aliphatic heterocycles. The van der Waals surface area contributed by atoms with Gasteiger partial charge in [0.2, 0.25) is 5.91 Å². The molecule has 0 heterocycles. The van der Waals surface area contributed by atoms with E-state index in [0.29, 0.717) is 17.9 Å². The minimum absolute atomic E-state index is 0.0109. The molecule has 18 heavy (non-hydrogen) atoms. The molecule has 0 aliphatic rings. The molecule has 0 aliphatic carbocycles. The fourth-order valence-corrected chi connectivity index (χ4v) is 1.45. The van der Waals surface area contributed by atoms with E-state index in [-0.39, 0.29) is 17.5 Å². The second-order valence-corrected chi connectivity index (χ2v) is 4.43. The van der Waals surface area contributed by atoms with Crippen LogP contribution in [-0.2, 0) is 4.79 Å². The number of ether oxygens (including phenoxy) is 1. The number of thiocarbonyl (C=S) groups is 1. The molecule has 1 amide bonds. The van der Waals surface area contributed by atoms with Crippen LogP contribution in [0.3, 0.4) is 0 Å². The van der Waals surface area contributed by atoms with Crippen LogP contribution in [0, 0.1) is 0 Å². The normalized spacial score (nSPS) is 9.83. The Morgan fingerprint density at radius 3 is 2.83 bits per heavy atom. The van der Waals surface area contributed by atoms with E-state index in [2.05, 4.69) is 5.32 Å². The minimum atomic E-state index is -0.0109. The Hall–Kier alpha value is -1.62. The van der Waals surface area contributed by atoms with E-state index in [4.69, 9.17) is 22.7 Å². The first-order valence-electron chi connectivity index (χ1n) is 5.93. The predicted octanol–water partition coefficient (Wildman–Crippen LogP) is 2.48. The van der Waals surface area contributed by atoms with Gasteiger partial charge in [-0.25, -0.2) is 0 Å². The van der Waals surface area contributed by atoms with Crippen molar-refractivity contribution in [2.75, 3.05) is 11.9 Å². The van der Waals surface area contributed by atoms with E-state index in [0.717, 1.165) is 12.8 Å². The summed E-state index contributed by atoms with van der Waals surface area (Å²) in [5, 5.41) is 2.82. The Morgan fingerprint density at radius 1 is 1.44 bits per heavy atom. The maximum Gasteiger partial charge on any atom is 0.224 e. The molecule has 1 rings (SSSR count). The molecule has 0 fully saturated rings. The number of amides is 1. The molecule has 0 spiro atoms. The van der Waals surface area contributed by atoms with Gasteiger partial charge in [-0.1, -0.05) is 37.7 Å². The van der Waals surface area contributed by atoms with Crippen LogP contribution in [0.5, 0.6) is 5.75 Å². The van der Waals surface area contributed by atoms with Gasteiger partial charge in [0, 0.05) is 6.42 Å². The number of benzene rings is 1. The van der Waals surface area contributed by atoms with Crippen LogP contribution in [0.4, 0.5) is 5.69 Å². The average Bonchev–Trinajstić information content (AvgIpc) is 2.35. The summed E-state index contributed by atoms with van der Waals surface area (Å²) in [7, 11) is 0. The van der Waals surface area contributed by atoms with Crippen LogP contribution < -0.4 is 15.8 Å². The third kappa shape index (κ3) is 5.14. The van der Waals surface area contributed by atoms with Crippen LogP contribution in [-0.4, -0.2) is 17.5 Å². The van der Waals surface area contributed by atoms with E-state index in [9.17, 15) is 4.79 Å². The molecule has 5 heteroatoms. The van der Waals surface area contributed by atoms with Gasteiger partial charge in [0.05, 0.1) is 5.69 Å². The van der Waals surface area contributed by atoms with Gasteiger partial charge in [0.15, 0.2) is 0 Å². The molecule has 0 bridgehead atoms. The number of carbonyl (C=O) groups is 1. The molecule has 4 nitrogen and oxygen atoms in total. The number of nitrogens with two attached hydrogens (primary N) is 1. The number of rotatable bonds is 7. The molecule has 1 aromatic rings. The number of unbranched alkanes of at least 4 members (excludes halogenated alkanes) is 1. The van der Waals surface area contributed by atoms with Crippen molar-refractivity contribution in [3.8, 4) is 5.75 Å². The highest BCUT2D eigenvalue weighted by Gasteiger charge is 2.07. The summed E-state index contributed by atoms with van der Waals surface area (Å²) >= 11 is 4.75. The third-order valence-electron chi connectivity index (χ3n) is 2.29. The maximum absolute atomic E-state index is 11.6. The number of hydrogen-bond donors (Lipinski definition) is 2. The van der Waals surface area contributed by atoms with Crippen molar-refractivity contribution in [2.45, 2.75) is 26.2 Å². The lowest BCUT2D eigenvalue weighted by Gasteiger charge is -2.11.